The second-order valence-corrected chi connectivity index (χ2v) is 2.67. The van der Waals surface area contributed by atoms with Gasteiger partial charge in [0.1, 0.15) is 0 Å². The van der Waals surface area contributed by atoms with E-state index in [1.54, 1.807) is 0 Å². The first-order chi connectivity index (χ1) is 5.31. The highest BCUT2D eigenvalue weighted by Gasteiger charge is 1.97. The van der Waals surface area contributed by atoms with Gasteiger partial charge in [0.25, 0.3) is 0 Å². The maximum Gasteiger partial charge on any atom is 0.0549 e. The van der Waals surface area contributed by atoms with Crippen LogP contribution < -0.4 is 5.32 Å². The van der Waals surface area contributed by atoms with Gasteiger partial charge in [0.05, 0.1) is 6.10 Å². The summed E-state index contributed by atoms with van der Waals surface area (Å²) >= 11 is 5.30. The number of rotatable bonds is 6. The molecule has 0 aromatic rings. The third-order valence-corrected chi connectivity index (χ3v) is 1.66. The van der Waals surface area contributed by atoms with E-state index in [1.165, 1.54) is 5.54 Å². The first-order valence-corrected chi connectivity index (χ1v) is 4.39. The molecule has 2 nitrogen and oxygen atoms in total. The second-order valence-electron chi connectivity index (χ2n) is 2.42. The van der Waals surface area contributed by atoms with Crippen LogP contribution in [0.2, 0.25) is 0 Å². The zero-order chi connectivity index (χ0) is 8.53. The van der Waals surface area contributed by atoms with Crippen LogP contribution in [0.15, 0.2) is 11.6 Å². The fourth-order valence-electron chi connectivity index (χ4n) is 0.703. The van der Waals surface area contributed by atoms with E-state index in [0.717, 1.165) is 25.9 Å². The Kier molecular flexibility index (Phi) is 8.01. The Morgan fingerprint density at radius 3 is 2.91 bits per heavy atom. The van der Waals surface area contributed by atoms with Gasteiger partial charge in [0, 0.05) is 12.1 Å². The van der Waals surface area contributed by atoms with Crippen LogP contribution in [-0.4, -0.2) is 24.3 Å². The molecule has 0 aliphatic heterocycles. The van der Waals surface area contributed by atoms with Crippen molar-refractivity contribution in [2.24, 2.45) is 0 Å². The van der Waals surface area contributed by atoms with Gasteiger partial charge >= 0.3 is 0 Å². The first kappa shape index (κ1) is 11.0. The quantitative estimate of drug-likeness (QED) is 0.603. The molecule has 11 heavy (non-hydrogen) atoms. The highest BCUT2D eigenvalue weighted by Crippen LogP contribution is 1.93. The zero-order valence-corrected chi connectivity index (χ0v) is 7.64. The molecular weight excluding hydrogens is 162 g/mol. The minimum atomic E-state index is -0.164. The molecule has 0 radical (unpaired) electrons. The lowest BCUT2D eigenvalue weighted by Gasteiger charge is -2.06. The molecular formula is C8H16ClNO. The fraction of sp³-hybridized carbons (Fsp3) is 0.750. The SMILES string of the molecule is CCC(O)CCNC/C=C/Cl. The summed E-state index contributed by atoms with van der Waals surface area (Å²) in [5, 5.41) is 12.3. The molecule has 0 heterocycles. The van der Waals surface area contributed by atoms with Crippen LogP contribution >= 0.6 is 11.6 Å². The summed E-state index contributed by atoms with van der Waals surface area (Å²) in [5.74, 6) is 0. The Labute approximate surface area is 73.3 Å². The minimum Gasteiger partial charge on any atom is -0.393 e. The van der Waals surface area contributed by atoms with E-state index < -0.39 is 0 Å². The van der Waals surface area contributed by atoms with E-state index in [9.17, 15) is 0 Å². The smallest absolute Gasteiger partial charge is 0.0549 e. The maximum absolute atomic E-state index is 9.13. The molecule has 0 amide bonds. The van der Waals surface area contributed by atoms with Gasteiger partial charge in [-0.3, -0.25) is 0 Å². The van der Waals surface area contributed by atoms with E-state index in [1.807, 2.05) is 13.0 Å². The van der Waals surface area contributed by atoms with Crippen molar-refractivity contribution >= 4 is 11.6 Å². The Morgan fingerprint density at radius 1 is 1.64 bits per heavy atom. The maximum atomic E-state index is 9.13. The molecule has 0 saturated heterocycles. The molecule has 1 atom stereocenters. The van der Waals surface area contributed by atoms with Crippen LogP contribution in [-0.2, 0) is 0 Å². The van der Waals surface area contributed by atoms with Crippen molar-refractivity contribution in [3.05, 3.63) is 11.6 Å². The average Bonchev–Trinajstić information content (AvgIpc) is 2.04. The molecule has 0 aromatic carbocycles. The van der Waals surface area contributed by atoms with Crippen LogP contribution in [0.4, 0.5) is 0 Å². The molecule has 0 spiro atoms. The van der Waals surface area contributed by atoms with Gasteiger partial charge in [0.2, 0.25) is 0 Å². The van der Waals surface area contributed by atoms with Crippen molar-refractivity contribution < 1.29 is 5.11 Å². The van der Waals surface area contributed by atoms with Crippen molar-refractivity contribution in [1.29, 1.82) is 0 Å². The van der Waals surface area contributed by atoms with Crippen molar-refractivity contribution in [2.75, 3.05) is 13.1 Å². The average molecular weight is 178 g/mol. The number of hydrogen-bond acceptors (Lipinski definition) is 2. The number of halogens is 1. The summed E-state index contributed by atoms with van der Waals surface area (Å²) in [6, 6.07) is 0. The standard InChI is InChI=1S/C8H16ClNO/c1-2-8(11)4-7-10-6-3-5-9/h3,5,8,10-11H,2,4,6-7H2,1H3/b5-3+. The lowest BCUT2D eigenvalue weighted by Crippen LogP contribution is -2.19. The van der Waals surface area contributed by atoms with Crippen molar-refractivity contribution in [3.8, 4) is 0 Å². The Bertz CT molecular complexity index is 106. The van der Waals surface area contributed by atoms with Gasteiger partial charge in [-0.2, -0.15) is 0 Å². The fourth-order valence-corrected chi connectivity index (χ4v) is 0.792. The zero-order valence-electron chi connectivity index (χ0n) is 6.89. The van der Waals surface area contributed by atoms with Gasteiger partial charge in [-0.15, -0.1) is 0 Å². The normalized spacial score (nSPS) is 14.1. The van der Waals surface area contributed by atoms with Crippen LogP contribution in [0.1, 0.15) is 19.8 Å². The predicted octanol–water partition coefficient (Wildman–Crippen LogP) is 1.49. The highest BCUT2D eigenvalue weighted by atomic mass is 35.5. The Hall–Kier alpha value is -0.0500. The van der Waals surface area contributed by atoms with Gasteiger partial charge in [-0.25, -0.2) is 0 Å². The van der Waals surface area contributed by atoms with Crippen LogP contribution in [0, 0.1) is 0 Å². The van der Waals surface area contributed by atoms with E-state index >= 15 is 0 Å². The third-order valence-electron chi connectivity index (χ3n) is 1.48. The molecule has 3 heteroatoms. The number of aliphatic hydroxyl groups excluding tert-OH is 1. The number of hydrogen-bond donors (Lipinski definition) is 2. The van der Waals surface area contributed by atoms with Gasteiger partial charge in [0.15, 0.2) is 0 Å². The largest absolute Gasteiger partial charge is 0.393 e. The summed E-state index contributed by atoms with van der Waals surface area (Å²) in [7, 11) is 0. The van der Waals surface area contributed by atoms with E-state index in [0.29, 0.717) is 0 Å². The number of nitrogens with one attached hydrogen (secondary N) is 1. The summed E-state index contributed by atoms with van der Waals surface area (Å²) in [6.45, 7) is 3.60. The number of aliphatic hydroxyl groups is 1. The molecule has 0 bridgehead atoms. The monoisotopic (exact) mass is 177 g/mol. The van der Waals surface area contributed by atoms with Gasteiger partial charge in [-0.1, -0.05) is 24.6 Å². The first-order valence-electron chi connectivity index (χ1n) is 3.95. The molecule has 0 fully saturated rings. The molecule has 0 aliphatic carbocycles. The second kappa shape index (κ2) is 8.05. The molecule has 0 aliphatic rings. The molecule has 2 N–H and O–H groups in total. The molecule has 66 valence electrons. The van der Waals surface area contributed by atoms with Crippen LogP contribution in [0.3, 0.4) is 0 Å². The molecule has 0 rings (SSSR count). The minimum absolute atomic E-state index is 0.164. The molecule has 0 saturated carbocycles. The van der Waals surface area contributed by atoms with Crippen molar-refractivity contribution in [2.45, 2.75) is 25.9 Å². The Morgan fingerprint density at radius 2 is 2.36 bits per heavy atom. The van der Waals surface area contributed by atoms with Gasteiger partial charge in [-0.05, 0) is 19.4 Å². The molecule has 1 unspecified atom stereocenters. The van der Waals surface area contributed by atoms with E-state index in [2.05, 4.69) is 5.32 Å². The molecule has 0 aromatic heterocycles. The van der Waals surface area contributed by atoms with Crippen molar-refractivity contribution in [1.82, 2.24) is 5.32 Å². The summed E-state index contributed by atoms with van der Waals surface area (Å²) in [4.78, 5) is 0. The van der Waals surface area contributed by atoms with Crippen molar-refractivity contribution in [3.63, 3.8) is 0 Å². The summed E-state index contributed by atoms with van der Waals surface area (Å²) in [5.41, 5.74) is 1.49. The van der Waals surface area contributed by atoms with Crippen LogP contribution in [0.5, 0.6) is 0 Å². The Balaban J connectivity index is 3.01. The topological polar surface area (TPSA) is 32.3 Å². The van der Waals surface area contributed by atoms with E-state index in [4.69, 9.17) is 16.7 Å². The predicted molar refractivity (Wildman–Crippen MR) is 48.8 cm³/mol. The summed E-state index contributed by atoms with van der Waals surface area (Å²) in [6.07, 6.45) is 3.31. The third kappa shape index (κ3) is 7.85. The lowest BCUT2D eigenvalue weighted by atomic mass is 10.2. The van der Waals surface area contributed by atoms with Crippen LogP contribution in [0.25, 0.3) is 0 Å². The van der Waals surface area contributed by atoms with E-state index in [-0.39, 0.29) is 6.10 Å². The lowest BCUT2D eigenvalue weighted by molar-refractivity contribution is 0.160. The highest BCUT2D eigenvalue weighted by molar-refractivity contribution is 6.25. The van der Waals surface area contributed by atoms with Gasteiger partial charge < -0.3 is 10.4 Å². The summed E-state index contributed by atoms with van der Waals surface area (Å²) < 4.78 is 0.